The molecule has 2 aliphatic heterocycles. The van der Waals surface area contributed by atoms with Crippen LogP contribution in [0, 0.1) is 36.5 Å². The van der Waals surface area contributed by atoms with E-state index >= 15 is 0 Å². The highest BCUT2D eigenvalue weighted by molar-refractivity contribution is 5.89. The normalized spacial score (nSPS) is 17.4. The molecule has 1 unspecified atom stereocenters. The van der Waals surface area contributed by atoms with E-state index in [2.05, 4.69) is 22.9 Å². The summed E-state index contributed by atoms with van der Waals surface area (Å²) >= 11 is 0. The van der Waals surface area contributed by atoms with Gasteiger partial charge in [0.1, 0.15) is 11.5 Å². The molecule has 0 saturated carbocycles. The topological polar surface area (TPSA) is 153 Å². The third-order valence-corrected chi connectivity index (χ3v) is 7.09. The van der Waals surface area contributed by atoms with Crippen molar-refractivity contribution in [3.8, 4) is 17.9 Å². The van der Waals surface area contributed by atoms with Gasteiger partial charge in [0, 0.05) is 12.1 Å². The standard InChI is InChI=1S/C30H35N7O2/c1-19-11-22(15-33)12-20(2)30(19)39-28-18-37(36-24-8-6-21(14-32)7-9-24)17-23-16-35-27(13-25(23)28)29(38)26(34)5-3-4-10-31/h6-9,11-12,18,26-27,35-36H,3-5,10,13,16-17,31,34H2,1-2H3/t26?,27-/m0/s1. The first-order chi connectivity index (χ1) is 18.8. The zero-order chi connectivity index (χ0) is 27.9. The highest BCUT2D eigenvalue weighted by atomic mass is 16.5. The summed E-state index contributed by atoms with van der Waals surface area (Å²) in [5.74, 6) is 1.33. The molecule has 2 aromatic rings. The molecule has 0 radical (unpaired) electrons. The van der Waals surface area contributed by atoms with Crippen LogP contribution in [0.3, 0.4) is 0 Å². The Morgan fingerprint density at radius 2 is 1.85 bits per heavy atom. The number of carbonyl (C=O) groups excluding carboxylic acids is 1. The highest BCUT2D eigenvalue weighted by Crippen LogP contribution is 2.34. The molecule has 39 heavy (non-hydrogen) atoms. The number of rotatable bonds is 10. The van der Waals surface area contributed by atoms with Crippen molar-refractivity contribution in [2.75, 3.05) is 25.1 Å². The van der Waals surface area contributed by atoms with Gasteiger partial charge in [0.2, 0.25) is 0 Å². The van der Waals surface area contributed by atoms with Crippen molar-refractivity contribution < 1.29 is 9.53 Å². The van der Waals surface area contributed by atoms with E-state index in [0.29, 0.717) is 55.1 Å². The number of anilines is 1. The molecule has 2 aliphatic rings. The number of unbranched alkanes of at least 4 members (excludes halogenated alkanes) is 1. The predicted molar refractivity (Wildman–Crippen MR) is 150 cm³/mol. The van der Waals surface area contributed by atoms with Crippen LogP contribution in [0.1, 0.15) is 47.9 Å². The number of benzene rings is 2. The third kappa shape index (κ3) is 6.65. The number of hydrogen-bond donors (Lipinski definition) is 4. The molecule has 202 valence electrons. The number of nitrogens with one attached hydrogen (secondary N) is 2. The second-order valence-corrected chi connectivity index (χ2v) is 10.1. The molecule has 4 rings (SSSR count). The summed E-state index contributed by atoms with van der Waals surface area (Å²) in [6.45, 7) is 5.54. The predicted octanol–water partition coefficient (Wildman–Crippen LogP) is 3.29. The van der Waals surface area contributed by atoms with E-state index in [1.807, 2.05) is 49.3 Å². The van der Waals surface area contributed by atoms with Crippen LogP contribution >= 0.6 is 0 Å². The Labute approximate surface area is 229 Å². The maximum absolute atomic E-state index is 13.2. The van der Waals surface area contributed by atoms with E-state index in [4.69, 9.17) is 21.5 Å². The van der Waals surface area contributed by atoms with Crippen molar-refractivity contribution in [2.24, 2.45) is 11.5 Å². The molecule has 0 aromatic heterocycles. The van der Waals surface area contributed by atoms with Crippen LogP contribution in [0.15, 0.2) is 59.5 Å². The number of ketones is 1. The molecule has 9 heteroatoms. The van der Waals surface area contributed by atoms with Gasteiger partial charge in [0.15, 0.2) is 5.78 Å². The zero-order valence-corrected chi connectivity index (χ0v) is 22.5. The molecule has 0 fully saturated rings. The van der Waals surface area contributed by atoms with E-state index < -0.39 is 12.1 Å². The van der Waals surface area contributed by atoms with Crippen LogP contribution in [0.4, 0.5) is 5.69 Å². The summed E-state index contributed by atoms with van der Waals surface area (Å²) in [5, 5.41) is 23.8. The minimum atomic E-state index is -0.536. The molecule has 0 amide bonds. The van der Waals surface area contributed by atoms with Gasteiger partial charge >= 0.3 is 0 Å². The Morgan fingerprint density at radius 1 is 1.15 bits per heavy atom. The molecule has 0 saturated heterocycles. The van der Waals surface area contributed by atoms with E-state index in [0.717, 1.165) is 40.8 Å². The molecule has 0 bridgehead atoms. The van der Waals surface area contributed by atoms with Crippen molar-refractivity contribution in [1.29, 1.82) is 10.5 Å². The zero-order valence-electron chi connectivity index (χ0n) is 22.5. The molecule has 9 nitrogen and oxygen atoms in total. The average molecular weight is 526 g/mol. The fraction of sp³-hybridized carbons (Fsp3) is 0.367. The minimum absolute atomic E-state index is 0.00166. The van der Waals surface area contributed by atoms with Crippen molar-refractivity contribution in [3.05, 3.63) is 81.8 Å². The number of carbonyl (C=O) groups is 1. The first-order valence-corrected chi connectivity index (χ1v) is 13.2. The lowest BCUT2D eigenvalue weighted by atomic mass is 9.88. The maximum Gasteiger partial charge on any atom is 0.166 e. The molecule has 2 heterocycles. The summed E-state index contributed by atoms with van der Waals surface area (Å²) in [7, 11) is 0. The quantitative estimate of drug-likeness (QED) is 0.342. The van der Waals surface area contributed by atoms with Gasteiger partial charge in [0.05, 0.1) is 53.8 Å². The van der Waals surface area contributed by atoms with Crippen molar-refractivity contribution in [1.82, 2.24) is 10.3 Å². The number of nitriles is 2. The number of nitrogens with two attached hydrogens (primary N) is 2. The van der Waals surface area contributed by atoms with Gasteiger partial charge in [-0.15, -0.1) is 0 Å². The summed E-state index contributed by atoms with van der Waals surface area (Å²) in [6.07, 6.45) is 4.67. The van der Waals surface area contributed by atoms with Gasteiger partial charge in [0.25, 0.3) is 0 Å². The molecular formula is C30H35N7O2. The Hall–Kier alpha value is -4.15. The van der Waals surface area contributed by atoms with E-state index in [-0.39, 0.29) is 5.78 Å². The number of Topliss-reactive ketones (excluding diaryl/α,β-unsaturated/α-hetero) is 1. The molecular weight excluding hydrogens is 490 g/mol. The monoisotopic (exact) mass is 525 g/mol. The molecule has 2 aromatic carbocycles. The second-order valence-electron chi connectivity index (χ2n) is 10.1. The fourth-order valence-electron chi connectivity index (χ4n) is 5.01. The van der Waals surface area contributed by atoms with Crippen LogP contribution in [0.25, 0.3) is 0 Å². The van der Waals surface area contributed by atoms with Crippen LogP contribution < -0.4 is 26.9 Å². The molecule has 2 atom stereocenters. The average Bonchev–Trinajstić information content (AvgIpc) is 2.94. The maximum atomic E-state index is 13.2. The fourth-order valence-corrected chi connectivity index (χ4v) is 5.01. The molecule has 0 aliphatic carbocycles. The number of hydrogen-bond acceptors (Lipinski definition) is 9. The number of ether oxygens (including phenoxy) is 1. The van der Waals surface area contributed by atoms with Crippen LogP contribution in [-0.4, -0.2) is 42.5 Å². The molecule has 6 N–H and O–H groups in total. The number of aryl methyl sites for hydroxylation is 2. The largest absolute Gasteiger partial charge is 0.455 e. The van der Waals surface area contributed by atoms with Gasteiger partial charge in [-0.2, -0.15) is 10.5 Å². The summed E-state index contributed by atoms with van der Waals surface area (Å²) in [5.41, 5.74) is 21.0. The summed E-state index contributed by atoms with van der Waals surface area (Å²) < 4.78 is 6.54. The van der Waals surface area contributed by atoms with E-state index in [1.165, 1.54) is 0 Å². The number of hydrazine groups is 1. The SMILES string of the molecule is Cc1cc(C#N)cc(C)c1OC1=CN(Nc2ccc(C#N)cc2)CC2=C1C[C@@H](C(=O)C(N)CCCCN)NC2. The van der Waals surface area contributed by atoms with Gasteiger partial charge in [-0.1, -0.05) is 6.42 Å². The lowest BCUT2D eigenvalue weighted by molar-refractivity contribution is -0.122. The highest BCUT2D eigenvalue weighted by Gasteiger charge is 2.34. The Morgan fingerprint density at radius 3 is 2.49 bits per heavy atom. The van der Waals surface area contributed by atoms with Crippen molar-refractivity contribution in [3.63, 3.8) is 0 Å². The third-order valence-electron chi connectivity index (χ3n) is 7.09. The van der Waals surface area contributed by atoms with Crippen LogP contribution in [0.2, 0.25) is 0 Å². The van der Waals surface area contributed by atoms with Gasteiger partial charge in [-0.25, -0.2) is 0 Å². The Bertz CT molecular complexity index is 1340. The minimum Gasteiger partial charge on any atom is -0.455 e. The number of allylic oxidation sites excluding steroid dienone is 1. The lowest BCUT2D eigenvalue weighted by Gasteiger charge is -2.36. The van der Waals surface area contributed by atoms with Crippen molar-refractivity contribution in [2.45, 2.75) is 51.6 Å². The first-order valence-electron chi connectivity index (χ1n) is 13.2. The van der Waals surface area contributed by atoms with Crippen molar-refractivity contribution >= 4 is 11.5 Å². The van der Waals surface area contributed by atoms with E-state index in [9.17, 15) is 10.1 Å². The van der Waals surface area contributed by atoms with Gasteiger partial charge in [-0.3, -0.25) is 15.2 Å². The summed E-state index contributed by atoms with van der Waals surface area (Å²) in [4.78, 5) is 13.2. The van der Waals surface area contributed by atoms with Crippen LogP contribution in [0.5, 0.6) is 5.75 Å². The lowest BCUT2D eigenvalue weighted by Crippen LogP contribution is -2.50. The van der Waals surface area contributed by atoms with E-state index in [1.54, 1.807) is 12.1 Å². The summed E-state index contributed by atoms with van der Waals surface area (Å²) in [6, 6.07) is 14.2. The number of nitrogens with zero attached hydrogens (tertiary/aromatic N) is 3. The Kier molecular flexibility index (Phi) is 9.00. The Balaban J connectivity index is 1.61. The smallest absolute Gasteiger partial charge is 0.166 e. The van der Waals surface area contributed by atoms with Gasteiger partial charge < -0.3 is 21.5 Å². The molecule has 0 spiro atoms. The second kappa shape index (κ2) is 12.6. The van der Waals surface area contributed by atoms with Crippen LogP contribution in [-0.2, 0) is 4.79 Å². The first kappa shape index (κ1) is 27.9. The van der Waals surface area contributed by atoms with Gasteiger partial charge in [-0.05, 0) is 92.8 Å².